The highest BCUT2D eigenvalue weighted by molar-refractivity contribution is 7.94. The molecular weight excluding hydrogens is 306 g/mol. The summed E-state index contributed by atoms with van der Waals surface area (Å²) in [5.74, 6) is 0.620. The van der Waals surface area contributed by atoms with Crippen molar-refractivity contribution in [2.24, 2.45) is 0 Å². The van der Waals surface area contributed by atoms with E-state index in [1.165, 1.54) is 25.3 Å². The van der Waals surface area contributed by atoms with Crippen molar-refractivity contribution in [3.63, 3.8) is 0 Å². The number of non-ortho nitro benzene ring substituents is 1. The van der Waals surface area contributed by atoms with E-state index in [-0.39, 0.29) is 10.6 Å². The Labute approximate surface area is 127 Å². The van der Waals surface area contributed by atoms with Crippen molar-refractivity contribution in [1.29, 1.82) is 0 Å². The van der Waals surface area contributed by atoms with Gasteiger partial charge in [0.1, 0.15) is 5.75 Å². The molecule has 0 saturated carbocycles. The van der Waals surface area contributed by atoms with Crippen molar-refractivity contribution in [2.45, 2.75) is 4.90 Å². The average molecular weight is 319 g/mol. The van der Waals surface area contributed by atoms with E-state index in [1.54, 1.807) is 24.3 Å². The molecule has 0 N–H and O–H groups in total. The van der Waals surface area contributed by atoms with Crippen molar-refractivity contribution in [1.82, 2.24) is 0 Å². The normalized spacial score (nSPS) is 11.5. The van der Waals surface area contributed by atoms with E-state index in [4.69, 9.17) is 4.74 Å². The molecule has 6 nitrogen and oxygen atoms in total. The minimum atomic E-state index is -3.66. The van der Waals surface area contributed by atoms with Crippen LogP contribution in [0.5, 0.6) is 5.75 Å². The summed E-state index contributed by atoms with van der Waals surface area (Å²) in [5, 5.41) is 11.6. The maximum Gasteiger partial charge on any atom is 0.269 e. The molecule has 2 aromatic rings. The van der Waals surface area contributed by atoms with Crippen molar-refractivity contribution in [3.05, 3.63) is 69.6 Å². The second-order valence-corrected chi connectivity index (χ2v) is 6.21. The fraction of sp³-hybridized carbons (Fsp3) is 0.0667. The lowest BCUT2D eigenvalue weighted by molar-refractivity contribution is -0.384. The largest absolute Gasteiger partial charge is 0.497 e. The van der Waals surface area contributed by atoms with Crippen molar-refractivity contribution in [3.8, 4) is 5.75 Å². The first-order valence-corrected chi connectivity index (χ1v) is 7.79. The van der Waals surface area contributed by atoms with E-state index in [9.17, 15) is 18.5 Å². The van der Waals surface area contributed by atoms with Gasteiger partial charge in [-0.1, -0.05) is 12.1 Å². The Morgan fingerprint density at radius 3 is 2.41 bits per heavy atom. The van der Waals surface area contributed by atoms with Crippen molar-refractivity contribution >= 4 is 21.6 Å². The van der Waals surface area contributed by atoms with E-state index < -0.39 is 14.8 Å². The number of nitro benzene ring substituents is 1. The molecule has 0 aromatic heterocycles. The summed E-state index contributed by atoms with van der Waals surface area (Å²) in [4.78, 5) is 9.98. The molecule has 0 radical (unpaired) electrons. The molecule has 0 amide bonds. The first-order valence-electron chi connectivity index (χ1n) is 6.24. The molecule has 0 atom stereocenters. The molecule has 2 rings (SSSR count). The highest BCUT2D eigenvalue weighted by Gasteiger charge is 2.12. The van der Waals surface area contributed by atoms with Gasteiger partial charge in [-0.25, -0.2) is 8.42 Å². The topological polar surface area (TPSA) is 86.5 Å². The third-order valence-electron chi connectivity index (χ3n) is 2.91. The molecule has 22 heavy (non-hydrogen) atoms. The maximum absolute atomic E-state index is 12.2. The van der Waals surface area contributed by atoms with Gasteiger partial charge in [-0.2, -0.15) is 0 Å². The third kappa shape index (κ3) is 3.70. The molecule has 0 unspecified atom stereocenters. The fourth-order valence-corrected chi connectivity index (χ4v) is 2.76. The zero-order valence-corrected chi connectivity index (χ0v) is 12.5. The number of nitro groups is 1. The van der Waals surface area contributed by atoms with Crippen LogP contribution in [0.4, 0.5) is 5.69 Å². The fourth-order valence-electron chi connectivity index (χ4n) is 1.75. The van der Waals surface area contributed by atoms with Gasteiger partial charge in [-0.3, -0.25) is 10.1 Å². The minimum absolute atomic E-state index is 0.00255. The van der Waals surface area contributed by atoms with E-state index in [0.717, 1.165) is 17.5 Å². The molecule has 7 heteroatoms. The van der Waals surface area contributed by atoms with Crippen LogP contribution in [0.15, 0.2) is 58.8 Å². The van der Waals surface area contributed by atoms with Gasteiger partial charge in [0, 0.05) is 17.5 Å². The van der Waals surface area contributed by atoms with E-state index >= 15 is 0 Å². The molecule has 0 fully saturated rings. The van der Waals surface area contributed by atoms with Crippen LogP contribution in [0.1, 0.15) is 5.56 Å². The third-order valence-corrected chi connectivity index (χ3v) is 4.33. The van der Waals surface area contributed by atoms with Crippen LogP contribution in [0.25, 0.3) is 6.08 Å². The number of nitrogens with zero attached hydrogens (tertiary/aromatic N) is 1. The Balaban J connectivity index is 2.26. The van der Waals surface area contributed by atoms with Gasteiger partial charge in [0.25, 0.3) is 5.69 Å². The van der Waals surface area contributed by atoms with Crippen molar-refractivity contribution < 1.29 is 18.1 Å². The minimum Gasteiger partial charge on any atom is -0.497 e. The Morgan fingerprint density at radius 1 is 1.14 bits per heavy atom. The number of hydrogen-bond donors (Lipinski definition) is 0. The second-order valence-electron chi connectivity index (χ2n) is 4.38. The summed E-state index contributed by atoms with van der Waals surface area (Å²) in [7, 11) is -2.14. The van der Waals surface area contributed by atoms with Crippen LogP contribution >= 0.6 is 0 Å². The lowest BCUT2D eigenvalue weighted by Crippen LogP contribution is -1.96. The maximum atomic E-state index is 12.2. The van der Waals surface area contributed by atoms with Gasteiger partial charge in [0.15, 0.2) is 9.84 Å². The van der Waals surface area contributed by atoms with Crippen LogP contribution in [-0.4, -0.2) is 20.5 Å². The molecule has 2 aromatic carbocycles. The summed E-state index contributed by atoms with van der Waals surface area (Å²) >= 11 is 0. The highest BCUT2D eigenvalue weighted by atomic mass is 32.2. The molecule has 0 aliphatic rings. The average Bonchev–Trinajstić information content (AvgIpc) is 2.53. The standard InChI is InChI=1S/C15H13NO5S/c1-21-14-4-2-3-12(11-14)9-10-22(19,20)15-7-5-13(6-8-15)16(17)18/h2-11H,1H3/b10-9+. The summed E-state index contributed by atoms with van der Waals surface area (Å²) < 4.78 is 29.4. The van der Waals surface area contributed by atoms with E-state index in [0.29, 0.717) is 11.3 Å². The summed E-state index contributed by atoms with van der Waals surface area (Å²) in [6.45, 7) is 0. The Morgan fingerprint density at radius 2 is 1.82 bits per heavy atom. The number of rotatable bonds is 5. The summed E-state index contributed by atoms with van der Waals surface area (Å²) in [6, 6.07) is 11.7. The molecule has 0 spiro atoms. The van der Waals surface area contributed by atoms with Gasteiger partial charge in [0.05, 0.1) is 16.9 Å². The lowest BCUT2D eigenvalue weighted by atomic mass is 10.2. The summed E-state index contributed by atoms with van der Waals surface area (Å²) in [5.41, 5.74) is 0.514. The molecule has 0 saturated heterocycles. The van der Waals surface area contributed by atoms with Crippen LogP contribution in [0.3, 0.4) is 0 Å². The number of hydrogen-bond acceptors (Lipinski definition) is 5. The Bertz CT molecular complexity index is 810. The van der Waals surface area contributed by atoms with Gasteiger partial charge < -0.3 is 4.74 Å². The van der Waals surface area contributed by atoms with Gasteiger partial charge >= 0.3 is 0 Å². The van der Waals surface area contributed by atoms with Gasteiger partial charge in [0.2, 0.25) is 0 Å². The van der Waals surface area contributed by atoms with E-state index in [2.05, 4.69) is 0 Å². The smallest absolute Gasteiger partial charge is 0.269 e. The summed E-state index contributed by atoms with van der Waals surface area (Å²) in [6.07, 6.45) is 1.44. The molecule has 114 valence electrons. The number of sulfone groups is 1. The quantitative estimate of drug-likeness (QED) is 0.624. The molecule has 0 aliphatic carbocycles. The SMILES string of the molecule is COc1cccc(/C=C/S(=O)(=O)c2ccc([N+](=O)[O-])cc2)c1. The van der Waals surface area contributed by atoms with E-state index in [1.807, 2.05) is 0 Å². The van der Waals surface area contributed by atoms with Crippen LogP contribution in [0, 0.1) is 10.1 Å². The molecule has 0 aliphatic heterocycles. The number of benzene rings is 2. The predicted molar refractivity (Wildman–Crippen MR) is 82.3 cm³/mol. The van der Waals surface area contributed by atoms with Crippen LogP contribution < -0.4 is 4.74 Å². The van der Waals surface area contributed by atoms with Crippen LogP contribution in [0.2, 0.25) is 0 Å². The highest BCUT2D eigenvalue weighted by Crippen LogP contribution is 2.19. The van der Waals surface area contributed by atoms with Gasteiger partial charge in [-0.05, 0) is 35.9 Å². The second kappa shape index (κ2) is 6.40. The predicted octanol–water partition coefficient (Wildman–Crippen LogP) is 3.05. The molecule has 0 heterocycles. The lowest BCUT2D eigenvalue weighted by Gasteiger charge is -2.01. The molecular formula is C15H13NO5S. The van der Waals surface area contributed by atoms with Crippen LogP contribution in [-0.2, 0) is 9.84 Å². The zero-order valence-electron chi connectivity index (χ0n) is 11.7. The van der Waals surface area contributed by atoms with Crippen molar-refractivity contribution in [2.75, 3.05) is 7.11 Å². The first kappa shape index (κ1) is 15.7. The molecule has 0 bridgehead atoms. The Kier molecular flexibility index (Phi) is 4.57. The number of ether oxygens (including phenoxy) is 1. The van der Waals surface area contributed by atoms with Gasteiger partial charge in [-0.15, -0.1) is 0 Å². The Hall–Kier alpha value is -2.67. The number of methoxy groups -OCH3 is 1. The zero-order chi connectivity index (χ0) is 16.2. The first-order chi connectivity index (χ1) is 10.4. The monoisotopic (exact) mass is 319 g/mol.